The Labute approximate surface area is 127 Å². The van der Waals surface area contributed by atoms with Gasteiger partial charge in [0.25, 0.3) is 0 Å². The molecule has 0 fully saturated rings. The van der Waals surface area contributed by atoms with Crippen LogP contribution >= 0.6 is 0 Å². The van der Waals surface area contributed by atoms with Gasteiger partial charge in [0.05, 0.1) is 18.9 Å². The van der Waals surface area contributed by atoms with E-state index in [2.05, 4.69) is 19.2 Å². The van der Waals surface area contributed by atoms with Crippen LogP contribution < -0.4 is 5.32 Å². The summed E-state index contributed by atoms with van der Waals surface area (Å²) in [5, 5.41) is 3.42. The van der Waals surface area contributed by atoms with Crippen molar-refractivity contribution in [2.75, 3.05) is 25.1 Å². The van der Waals surface area contributed by atoms with Crippen molar-refractivity contribution in [2.45, 2.75) is 59.2 Å². The largest absolute Gasteiger partial charge is 0.376 e. The number of hydrogen-bond donors (Lipinski definition) is 1. The van der Waals surface area contributed by atoms with Crippen LogP contribution in [0.2, 0.25) is 0 Å². The predicted molar refractivity (Wildman–Crippen MR) is 83.4 cm³/mol. The Kier molecular flexibility index (Phi) is 6.39. The van der Waals surface area contributed by atoms with Crippen LogP contribution in [0.5, 0.6) is 0 Å². The van der Waals surface area contributed by atoms with Crippen molar-refractivity contribution in [3.63, 3.8) is 0 Å². The summed E-state index contributed by atoms with van der Waals surface area (Å²) in [4.78, 5) is 9.50. The topological polar surface area (TPSA) is 56.3 Å². The summed E-state index contributed by atoms with van der Waals surface area (Å²) < 4.78 is 11.4. The fourth-order valence-electron chi connectivity index (χ4n) is 2.53. The monoisotopic (exact) mass is 293 g/mol. The van der Waals surface area contributed by atoms with Crippen molar-refractivity contribution in [3.8, 4) is 0 Å². The molecule has 5 heteroatoms. The number of rotatable bonds is 8. The number of nitrogens with one attached hydrogen (secondary N) is 1. The molecule has 1 aliphatic heterocycles. The molecule has 0 spiro atoms. The lowest BCUT2D eigenvalue weighted by molar-refractivity contribution is 0.0485. The van der Waals surface area contributed by atoms with Gasteiger partial charge in [-0.2, -0.15) is 0 Å². The van der Waals surface area contributed by atoms with E-state index in [0.717, 1.165) is 61.7 Å². The summed E-state index contributed by atoms with van der Waals surface area (Å²) in [5.41, 5.74) is 2.23. The van der Waals surface area contributed by atoms with Gasteiger partial charge in [-0.15, -0.1) is 0 Å². The van der Waals surface area contributed by atoms with Crippen LogP contribution in [0.25, 0.3) is 0 Å². The van der Waals surface area contributed by atoms with Gasteiger partial charge in [0.2, 0.25) is 0 Å². The average molecular weight is 293 g/mol. The van der Waals surface area contributed by atoms with Crippen molar-refractivity contribution in [2.24, 2.45) is 0 Å². The highest BCUT2D eigenvalue weighted by Gasteiger charge is 2.22. The van der Waals surface area contributed by atoms with Crippen LogP contribution in [0, 0.1) is 0 Å². The van der Waals surface area contributed by atoms with Crippen molar-refractivity contribution in [3.05, 3.63) is 17.1 Å². The van der Waals surface area contributed by atoms with E-state index in [1.807, 2.05) is 6.92 Å². The molecule has 1 atom stereocenters. The molecule has 0 aromatic carbocycles. The maximum atomic E-state index is 5.83. The lowest BCUT2D eigenvalue weighted by atomic mass is 10.1. The van der Waals surface area contributed by atoms with Gasteiger partial charge in [-0.05, 0) is 19.8 Å². The summed E-state index contributed by atoms with van der Waals surface area (Å²) in [6, 6.07) is 0. The summed E-state index contributed by atoms with van der Waals surface area (Å²) in [7, 11) is 0. The van der Waals surface area contributed by atoms with Crippen molar-refractivity contribution in [1.82, 2.24) is 9.97 Å². The SMILES string of the molecule is CCCNc1nc(C(CCC)OCC)nc2c1COCC2. The molecule has 1 aliphatic rings. The number of nitrogens with zero attached hydrogens (tertiary/aromatic N) is 2. The summed E-state index contributed by atoms with van der Waals surface area (Å²) >= 11 is 0. The van der Waals surface area contributed by atoms with E-state index in [4.69, 9.17) is 19.4 Å². The van der Waals surface area contributed by atoms with Crippen LogP contribution in [0.15, 0.2) is 0 Å². The zero-order valence-corrected chi connectivity index (χ0v) is 13.4. The highest BCUT2D eigenvalue weighted by Crippen LogP contribution is 2.27. The number of fused-ring (bicyclic) bond motifs is 1. The molecule has 0 saturated heterocycles. The van der Waals surface area contributed by atoms with E-state index in [0.29, 0.717) is 13.2 Å². The molecule has 1 aromatic rings. The predicted octanol–water partition coefficient (Wildman–Crippen LogP) is 3.25. The maximum absolute atomic E-state index is 5.83. The van der Waals surface area contributed by atoms with E-state index in [1.54, 1.807) is 0 Å². The summed E-state index contributed by atoms with van der Waals surface area (Å²) in [6.45, 7) is 9.28. The number of ether oxygens (including phenoxy) is 2. The third-order valence-corrected chi connectivity index (χ3v) is 3.59. The Morgan fingerprint density at radius 2 is 2.10 bits per heavy atom. The van der Waals surface area contributed by atoms with Crippen molar-refractivity contribution in [1.29, 1.82) is 0 Å². The lowest BCUT2D eigenvalue weighted by Gasteiger charge is -2.23. The average Bonchev–Trinajstić information content (AvgIpc) is 2.52. The molecule has 0 radical (unpaired) electrons. The molecule has 1 unspecified atom stereocenters. The Bertz CT molecular complexity index is 445. The molecule has 0 amide bonds. The van der Waals surface area contributed by atoms with E-state index in [9.17, 15) is 0 Å². The number of aromatic nitrogens is 2. The lowest BCUT2D eigenvalue weighted by Crippen LogP contribution is -2.20. The van der Waals surface area contributed by atoms with Crippen LogP contribution in [-0.4, -0.2) is 29.7 Å². The fraction of sp³-hybridized carbons (Fsp3) is 0.750. The minimum Gasteiger partial charge on any atom is -0.376 e. The molecule has 0 aliphatic carbocycles. The summed E-state index contributed by atoms with van der Waals surface area (Å²) in [6.07, 6.45) is 3.94. The minimum absolute atomic E-state index is 0.00433. The second kappa shape index (κ2) is 8.29. The first kappa shape index (κ1) is 16.2. The zero-order valence-electron chi connectivity index (χ0n) is 13.4. The quantitative estimate of drug-likeness (QED) is 0.797. The van der Waals surface area contributed by atoms with Gasteiger partial charge in [0, 0.05) is 25.1 Å². The highest BCUT2D eigenvalue weighted by molar-refractivity contribution is 5.47. The third-order valence-electron chi connectivity index (χ3n) is 3.59. The molecule has 1 N–H and O–H groups in total. The Morgan fingerprint density at radius 3 is 2.81 bits per heavy atom. The van der Waals surface area contributed by atoms with E-state index in [1.165, 1.54) is 0 Å². The van der Waals surface area contributed by atoms with Crippen LogP contribution in [0.1, 0.15) is 63.2 Å². The first-order valence-corrected chi connectivity index (χ1v) is 8.13. The first-order chi connectivity index (χ1) is 10.3. The molecule has 0 saturated carbocycles. The molecule has 118 valence electrons. The van der Waals surface area contributed by atoms with Crippen LogP contribution in [-0.2, 0) is 22.5 Å². The molecule has 2 heterocycles. The van der Waals surface area contributed by atoms with Crippen molar-refractivity contribution < 1.29 is 9.47 Å². The van der Waals surface area contributed by atoms with Gasteiger partial charge < -0.3 is 14.8 Å². The number of hydrogen-bond acceptors (Lipinski definition) is 5. The number of anilines is 1. The van der Waals surface area contributed by atoms with Gasteiger partial charge in [-0.3, -0.25) is 0 Å². The normalized spacial score (nSPS) is 15.6. The van der Waals surface area contributed by atoms with E-state index >= 15 is 0 Å². The molecule has 1 aromatic heterocycles. The molecule has 0 bridgehead atoms. The van der Waals surface area contributed by atoms with E-state index < -0.39 is 0 Å². The Balaban J connectivity index is 2.31. The van der Waals surface area contributed by atoms with Gasteiger partial charge in [-0.25, -0.2) is 9.97 Å². The third kappa shape index (κ3) is 4.14. The van der Waals surface area contributed by atoms with Crippen LogP contribution in [0.4, 0.5) is 5.82 Å². The molecule has 21 heavy (non-hydrogen) atoms. The Hall–Kier alpha value is -1.20. The van der Waals surface area contributed by atoms with Crippen LogP contribution in [0.3, 0.4) is 0 Å². The van der Waals surface area contributed by atoms with Gasteiger partial charge in [0.15, 0.2) is 5.82 Å². The standard InChI is InChI=1S/C16H27N3O2/c1-4-7-14(21-6-3)16-18-13-8-10-20-11-12(13)15(19-16)17-9-5-2/h14H,4-11H2,1-3H3,(H,17,18,19). The molecule has 5 nitrogen and oxygen atoms in total. The molecular formula is C16H27N3O2. The van der Waals surface area contributed by atoms with Gasteiger partial charge >= 0.3 is 0 Å². The van der Waals surface area contributed by atoms with Crippen molar-refractivity contribution >= 4 is 5.82 Å². The maximum Gasteiger partial charge on any atom is 0.159 e. The van der Waals surface area contributed by atoms with Gasteiger partial charge in [0.1, 0.15) is 11.9 Å². The second-order valence-corrected chi connectivity index (χ2v) is 5.32. The molecule has 2 rings (SSSR count). The zero-order chi connectivity index (χ0) is 15.1. The fourth-order valence-corrected chi connectivity index (χ4v) is 2.53. The first-order valence-electron chi connectivity index (χ1n) is 8.13. The molecular weight excluding hydrogens is 266 g/mol. The second-order valence-electron chi connectivity index (χ2n) is 5.32. The minimum atomic E-state index is -0.00433. The van der Waals surface area contributed by atoms with Gasteiger partial charge in [-0.1, -0.05) is 20.3 Å². The highest BCUT2D eigenvalue weighted by atomic mass is 16.5. The smallest absolute Gasteiger partial charge is 0.159 e. The van der Waals surface area contributed by atoms with E-state index in [-0.39, 0.29) is 6.10 Å². The summed E-state index contributed by atoms with van der Waals surface area (Å²) in [5.74, 6) is 1.75. The Morgan fingerprint density at radius 1 is 1.24 bits per heavy atom.